The molecule has 0 spiro atoms. The lowest BCUT2D eigenvalue weighted by atomic mass is 9.94. The zero-order valence-electron chi connectivity index (χ0n) is 12.5. The highest BCUT2D eigenvalue weighted by molar-refractivity contribution is 5.73. The van der Waals surface area contributed by atoms with Gasteiger partial charge in [-0.2, -0.15) is 0 Å². The Labute approximate surface area is 120 Å². The van der Waals surface area contributed by atoms with Crippen molar-refractivity contribution in [3.8, 4) is 0 Å². The first kappa shape index (κ1) is 16.5. The third-order valence-corrected chi connectivity index (χ3v) is 3.15. The predicted molar refractivity (Wildman–Crippen MR) is 76.1 cm³/mol. The van der Waals surface area contributed by atoms with Crippen molar-refractivity contribution in [1.29, 1.82) is 0 Å². The molecular weight excluding hydrogens is 258 g/mol. The molecule has 114 valence electrons. The number of aliphatic hydroxyl groups excluding tert-OH is 1. The number of amides is 2. The van der Waals surface area contributed by atoms with E-state index in [0.29, 0.717) is 37.1 Å². The summed E-state index contributed by atoms with van der Waals surface area (Å²) in [5.41, 5.74) is 0.731. The Morgan fingerprint density at radius 2 is 2.20 bits per heavy atom. The molecule has 6 nitrogen and oxygen atoms in total. The summed E-state index contributed by atoms with van der Waals surface area (Å²) in [4.78, 5) is 15.7. The molecule has 1 aromatic heterocycles. The molecule has 0 aromatic carbocycles. The minimum atomic E-state index is -0.223. The predicted octanol–water partition coefficient (Wildman–Crippen LogP) is 1.83. The number of aliphatic hydroxyl groups is 1. The monoisotopic (exact) mass is 283 g/mol. The van der Waals surface area contributed by atoms with Gasteiger partial charge < -0.3 is 20.2 Å². The fourth-order valence-corrected chi connectivity index (χ4v) is 2.11. The van der Waals surface area contributed by atoms with Crippen molar-refractivity contribution in [2.75, 3.05) is 13.2 Å². The standard InChI is InChI=1S/C14H25N3O3/c1-10(2)6-12(4-5-18)7-15-14(19)16-8-13-11(3)20-9-17-13/h9-10,12,18H,4-8H2,1-3H3,(H2,15,16,19). The zero-order valence-corrected chi connectivity index (χ0v) is 12.5. The lowest BCUT2D eigenvalue weighted by Crippen LogP contribution is -2.38. The van der Waals surface area contributed by atoms with E-state index in [1.807, 2.05) is 6.92 Å². The molecule has 0 fully saturated rings. The maximum Gasteiger partial charge on any atom is 0.315 e. The van der Waals surface area contributed by atoms with E-state index in [-0.39, 0.29) is 12.6 Å². The molecule has 0 aliphatic carbocycles. The average Bonchev–Trinajstić information content (AvgIpc) is 2.79. The van der Waals surface area contributed by atoms with Crippen molar-refractivity contribution in [3.05, 3.63) is 17.8 Å². The Bertz CT molecular complexity index is 404. The number of hydrogen-bond donors (Lipinski definition) is 3. The minimum Gasteiger partial charge on any atom is -0.448 e. The van der Waals surface area contributed by atoms with Crippen molar-refractivity contribution in [2.45, 2.75) is 40.2 Å². The van der Waals surface area contributed by atoms with E-state index in [1.54, 1.807) is 0 Å². The van der Waals surface area contributed by atoms with Crippen molar-refractivity contribution < 1.29 is 14.3 Å². The number of urea groups is 1. The van der Waals surface area contributed by atoms with E-state index < -0.39 is 0 Å². The number of oxazole rings is 1. The number of carbonyl (C=O) groups excluding carboxylic acids is 1. The van der Waals surface area contributed by atoms with Crippen LogP contribution in [0.4, 0.5) is 4.79 Å². The van der Waals surface area contributed by atoms with Crippen LogP contribution in [0, 0.1) is 18.8 Å². The summed E-state index contributed by atoms with van der Waals surface area (Å²) in [5, 5.41) is 14.6. The van der Waals surface area contributed by atoms with Gasteiger partial charge in [-0.3, -0.25) is 0 Å². The van der Waals surface area contributed by atoms with Crippen molar-refractivity contribution >= 4 is 6.03 Å². The summed E-state index contributed by atoms with van der Waals surface area (Å²) in [6, 6.07) is -0.223. The van der Waals surface area contributed by atoms with Gasteiger partial charge in [0.05, 0.1) is 6.54 Å². The van der Waals surface area contributed by atoms with Gasteiger partial charge in [-0.15, -0.1) is 0 Å². The Morgan fingerprint density at radius 1 is 1.45 bits per heavy atom. The summed E-state index contributed by atoms with van der Waals surface area (Å²) < 4.78 is 5.06. The van der Waals surface area contributed by atoms with Crippen LogP contribution in [-0.4, -0.2) is 29.3 Å². The van der Waals surface area contributed by atoms with E-state index >= 15 is 0 Å². The molecule has 0 aliphatic heterocycles. The third-order valence-electron chi connectivity index (χ3n) is 3.15. The lowest BCUT2D eigenvalue weighted by molar-refractivity contribution is 0.224. The summed E-state index contributed by atoms with van der Waals surface area (Å²) >= 11 is 0. The Morgan fingerprint density at radius 3 is 2.75 bits per heavy atom. The molecule has 3 N–H and O–H groups in total. The number of aryl methyl sites for hydroxylation is 1. The first-order valence-corrected chi connectivity index (χ1v) is 7.04. The molecule has 0 saturated heterocycles. The van der Waals surface area contributed by atoms with Crippen LogP contribution >= 0.6 is 0 Å². The molecule has 0 saturated carbocycles. The number of rotatable bonds is 8. The van der Waals surface area contributed by atoms with Gasteiger partial charge >= 0.3 is 6.03 Å². The first-order chi connectivity index (χ1) is 9.52. The first-order valence-electron chi connectivity index (χ1n) is 7.04. The molecule has 0 bridgehead atoms. The van der Waals surface area contributed by atoms with E-state index in [0.717, 1.165) is 12.1 Å². The summed E-state index contributed by atoms with van der Waals surface area (Å²) in [6.45, 7) is 7.15. The van der Waals surface area contributed by atoms with Crippen LogP contribution in [-0.2, 0) is 6.54 Å². The highest BCUT2D eigenvalue weighted by Crippen LogP contribution is 2.14. The van der Waals surface area contributed by atoms with Crippen LogP contribution in [0.1, 0.15) is 38.1 Å². The number of aromatic nitrogens is 1. The van der Waals surface area contributed by atoms with Crippen molar-refractivity contribution in [3.63, 3.8) is 0 Å². The van der Waals surface area contributed by atoms with Gasteiger partial charge in [-0.25, -0.2) is 9.78 Å². The van der Waals surface area contributed by atoms with Gasteiger partial charge in [0.25, 0.3) is 0 Å². The maximum atomic E-state index is 11.7. The minimum absolute atomic E-state index is 0.152. The fraction of sp³-hybridized carbons (Fsp3) is 0.714. The van der Waals surface area contributed by atoms with Gasteiger partial charge in [0, 0.05) is 13.2 Å². The quantitative estimate of drug-likeness (QED) is 0.679. The molecule has 0 radical (unpaired) electrons. The van der Waals surface area contributed by atoms with Gasteiger partial charge in [0.15, 0.2) is 6.39 Å². The van der Waals surface area contributed by atoms with Crippen LogP contribution < -0.4 is 10.6 Å². The molecule has 20 heavy (non-hydrogen) atoms. The molecule has 6 heteroatoms. The molecule has 0 aliphatic rings. The van der Waals surface area contributed by atoms with Crippen molar-refractivity contribution in [1.82, 2.24) is 15.6 Å². The van der Waals surface area contributed by atoms with E-state index in [9.17, 15) is 4.79 Å². The molecule has 1 atom stereocenters. The normalized spacial score (nSPS) is 12.4. The highest BCUT2D eigenvalue weighted by atomic mass is 16.3. The van der Waals surface area contributed by atoms with Crippen LogP contribution in [0.5, 0.6) is 0 Å². The van der Waals surface area contributed by atoms with Crippen LogP contribution in [0.15, 0.2) is 10.8 Å². The molecule has 1 aromatic rings. The summed E-state index contributed by atoms with van der Waals surface area (Å²) in [6.07, 6.45) is 3.06. The number of nitrogens with one attached hydrogen (secondary N) is 2. The summed E-state index contributed by atoms with van der Waals surface area (Å²) in [5.74, 6) is 1.57. The second-order valence-electron chi connectivity index (χ2n) is 5.43. The van der Waals surface area contributed by atoms with Gasteiger partial charge in [-0.1, -0.05) is 13.8 Å². The van der Waals surface area contributed by atoms with E-state index in [2.05, 4.69) is 29.5 Å². The van der Waals surface area contributed by atoms with Gasteiger partial charge in [-0.05, 0) is 31.6 Å². The largest absolute Gasteiger partial charge is 0.448 e. The second kappa shape index (κ2) is 8.58. The number of nitrogens with zero attached hydrogens (tertiary/aromatic N) is 1. The fourth-order valence-electron chi connectivity index (χ4n) is 2.11. The third kappa shape index (κ3) is 6.06. The Kier molecular flexibility index (Phi) is 7.08. The number of hydrogen-bond acceptors (Lipinski definition) is 4. The van der Waals surface area contributed by atoms with Crippen LogP contribution in [0.3, 0.4) is 0 Å². The topological polar surface area (TPSA) is 87.4 Å². The Balaban J connectivity index is 2.28. The second-order valence-corrected chi connectivity index (χ2v) is 5.43. The van der Waals surface area contributed by atoms with Gasteiger partial charge in [0.1, 0.15) is 11.5 Å². The number of carbonyl (C=O) groups is 1. The molecule has 1 unspecified atom stereocenters. The zero-order chi connectivity index (χ0) is 15.0. The smallest absolute Gasteiger partial charge is 0.315 e. The van der Waals surface area contributed by atoms with Crippen LogP contribution in [0.2, 0.25) is 0 Å². The maximum absolute atomic E-state index is 11.7. The Hall–Kier alpha value is -1.56. The summed E-state index contributed by atoms with van der Waals surface area (Å²) in [7, 11) is 0. The molecule has 1 rings (SSSR count). The molecule has 1 heterocycles. The average molecular weight is 283 g/mol. The van der Waals surface area contributed by atoms with Crippen molar-refractivity contribution in [2.24, 2.45) is 11.8 Å². The molecular formula is C14H25N3O3. The van der Waals surface area contributed by atoms with Crippen LogP contribution in [0.25, 0.3) is 0 Å². The molecule has 2 amide bonds. The van der Waals surface area contributed by atoms with E-state index in [1.165, 1.54) is 6.39 Å². The SMILES string of the molecule is Cc1ocnc1CNC(=O)NCC(CCO)CC(C)C. The van der Waals surface area contributed by atoms with E-state index in [4.69, 9.17) is 9.52 Å². The highest BCUT2D eigenvalue weighted by Gasteiger charge is 2.12. The van der Waals surface area contributed by atoms with Gasteiger partial charge in [0.2, 0.25) is 0 Å². The lowest BCUT2D eigenvalue weighted by Gasteiger charge is -2.18.